The molecule has 0 spiro atoms. The van der Waals surface area contributed by atoms with Crippen molar-refractivity contribution >= 4 is 11.0 Å². The Morgan fingerprint density at radius 3 is 2.75 bits per heavy atom. The number of nitrogens with zero attached hydrogens (tertiary/aromatic N) is 2. The maximum atomic E-state index is 9.15. The smallest absolute Gasteiger partial charge is 0.104 e. The molecule has 0 aliphatic heterocycles. The van der Waals surface area contributed by atoms with Crippen molar-refractivity contribution in [1.82, 2.24) is 9.97 Å². The highest BCUT2D eigenvalue weighted by atomic mass is 14.9. The topological polar surface area (TPSA) is 52.5 Å². The van der Waals surface area contributed by atoms with E-state index in [-0.39, 0.29) is 5.92 Å². The number of benzene rings is 1. The molecule has 82 valence electrons. The summed E-state index contributed by atoms with van der Waals surface area (Å²) in [5.74, 6) is 1.18. The van der Waals surface area contributed by atoms with Gasteiger partial charge in [-0.2, -0.15) is 5.26 Å². The van der Waals surface area contributed by atoms with E-state index in [1.165, 1.54) is 0 Å². The van der Waals surface area contributed by atoms with Gasteiger partial charge >= 0.3 is 0 Å². The fourth-order valence-corrected chi connectivity index (χ4v) is 1.96. The highest BCUT2D eigenvalue weighted by molar-refractivity contribution is 5.76. The molecule has 1 heterocycles. The standard InChI is InChI=1S/C13H15N3/c1-8(2)11(7-14)10-4-5-12-13(6-10)16-9(3)15-12/h4-6,8,11H,1-3H3,(H,15,16). The van der Waals surface area contributed by atoms with E-state index in [2.05, 4.69) is 29.9 Å². The Bertz CT molecular complexity index is 546. The van der Waals surface area contributed by atoms with Gasteiger partial charge < -0.3 is 4.98 Å². The molecule has 1 N–H and O–H groups in total. The molecule has 1 aromatic carbocycles. The quantitative estimate of drug-likeness (QED) is 0.833. The first-order valence-corrected chi connectivity index (χ1v) is 5.47. The highest BCUT2D eigenvalue weighted by Crippen LogP contribution is 2.25. The molecule has 2 aromatic rings. The van der Waals surface area contributed by atoms with Crippen molar-refractivity contribution in [2.24, 2.45) is 5.92 Å². The first-order valence-electron chi connectivity index (χ1n) is 5.47. The summed E-state index contributed by atoms with van der Waals surface area (Å²) >= 11 is 0. The summed E-state index contributed by atoms with van der Waals surface area (Å²) in [6.07, 6.45) is 0. The van der Waals surface area contributed by atoms with Crippen LogP contribution >= 0.6 is 0 Å². The van der Waals surface area contributed by atoms with Crippen LogP contribution in [0.25, 0.3) is 11.0 Å². The van der Waals surface area contributed by atoms with E-state index in [4.69, 9.17) is 5.26 Å². The molecule has 0 aliphatic rings. The average molecular weight is 213 g/mol. The summed E-state index contributed by atoms with van der Waals surface area (Å²) in [4.78, 5) is 7.54. The van der Waals surface area contributed by atoms with Crippen molar-refractivity contribution in [2.75, 3.05) is 0 Å². The minimum atomic E-state index is -0.0481. The molecule has 0 bridgehead atoms. The second-order valence-electron chi connectivity index (χ2n) is 4.45. The molecule has 0 fully saturated rings. The molecule has 0 saturated heterocycles. The van der Waals surface area contributed by atoms with Crippen LogP contribution in [0, 0.1) is 24.2 Å². The van der Waals surface area contributed by atoms with E-state index in [1.54, 1.807) is 0 Å². The van der Waals surface area contributed by atoms with Crippen molar-refractivity contribution in [3.63, 3.8) is 0 Å². The lowest BCUT2D eigenvalue weighted by molar-refractivity contribution is 0.588. The first kappa shape index (κ1) is 10.7. The monoisotopic (exact) mass is 213 g/mol. The number of aryl methyl sites for hydroxylation is 1. The second kappa shape index (κ2) is 3.97. The van der Waals surface area contributed by atoms with Crippen LogP contribution in [0.2, 0.25) is 0 Å². The molecule has 1 atom stereocenters. The van der Waals surface area contributed by atoms with E-state index >= 15 is 0 Å². The second-order valence-corrected chi connectivity index (χ2v) is 4.45. The van der Waals surface area contributed by atoms with Gasteiger partial charge in [0.25, 0.3) is 0 Å². The van der Waals surface area contributed by atoms with Crippen molar-refractivity contribution in [3.8, 4) is 6.07 Å². The van der Waals surface area contributed by atoms with Crippen LogP contribution < -0.4 is 0 Å². The number of fused-ring (bicyclic) bond motifs is 1. The number of nitriles is 1. The minimum absolute atomic E-state index is 0.0481. The zero-order chi connectivity index (χ0) is 11.7. The highest BCUT2D eigenvalue weighted by Gasteiger charge is 2.15. The Morgan fingerprint density at radius 2 is 2.12 bits per heavy atom. The number of H-pyrrole nitrogens is 1. The fourth-order valence-electron chi connectivity index (χ4n) is 1.96. The van der Waals surface area contributed by atoms with Crippen molar-refractivity contribution in [3.05, 3.63) is 29.6 Å². The Morgan fingerprint density at radius 1 is 1.38 bits per heavy atom. The molecule has 0 aliphatic carbocycles. The predicted molar refractivity (Wildman–Crippen MR) is 64.0 cm³/mol. The predicted octanol–water partition coefficient (Wildman–Crippen LogP) is 3.13. The molecule has 2 rings (SSSR count). The number of imidazole rings is 1. The van der Waals surface area contributed by atoms with Gasteiger partial charge in [-0.1, -0.05) is 19.9 Å². The van der Waals surface area contributed by atoms with Gasteiger partial charge in [-0.25, -0.2) is 4.98 Å². The van der Waals surface area contributed by atoms with Crippen LogP contribution in [0.3, 0.4) is 0 Å². The summed E-state index contributed by atoms with van der Waals surface area (Å²) < 4.78 is 0. The van der Waals surface area contributed by atoms with Crippen LogP contribution in [-0.2, 0) is 0 Å². The molecule has 3 heteroatoms. The molecule has 16 heavy (non-hydrogen) atoms. The third-order valence-corrected chi connectivity index (χ3v) is 2.79. The van der Waals surface area contributed by atoms with Crippen LogP contribution in [0.4, 0.5) is 0 Å². The number of aromatic nitrogens is 2. The summed E-state index contributed by atoms with van der Waals surface area (Å²) in [6, 6.07) is 8.36. The van der Waals surface area contributed by atoms with E-state index in [0.717, 1.165) is 22.4 Å². The van der Waals surface area contributed by atoms with Crippen LogP contribution in [0.1, 0.15) is 31.2 Å². The number of nitrogens with one attached hydrogen (secondary N) is 1. The number of rotatable bonds is 2. The van der Waals surface area contributed by atoms with Crippen molar-refractivity contribution in [1.29, 1.82) is 5.26 Å². The summed E-state index contributed by atoms with van der Waals surface area (Å²) in [5, 5.41) is 9.15. The maximum absolute atomic E-state index is 9.15. The maximum Gasteiger partial charge on any atom is 0.104 e. The number of hydrogen-bond acceptors (Lipinski definition) is 2. The zero-order valence-corrected chi connectivity index (χ0v) is 9.78. The molecule has 1 aromatic heterocycles. The first-order chi connectivity index (χ1) is 7.61. The van der Waals surface area contributed by atoms with E-state index < -0.39 is 0 Å². The zero-order valence-electron chi connectivity index (χ0n) is 9.78. The van der Waals surface area contributed by atoms with Gasteiger partial charge in [-0.3, -0.25) is 0 Å². The Labute approximate surface area is 95.1 Å². The van der Waals surface area contributed by atoms with Gasteiger partial charge in [0.05, 0.1) is 23.0 Å². The number of hydrogen-bond donors (Lipinski definition) is 1. The van der Waals surface area contributed by atoms with Crippen molar-refractivity contribution < 1.29 is 0 Å². The molecule has 0 radical (unpaired) electrons. The normalized spacial score (nSPS) is 12.9. The Hall–Kier alpha value is -1.82. The van der Waals surface area contributed by atoms with Gasteiger partial charge in [-0.05, 0) is 30.5 Å². The van der Waals surface area contributed by atoms with Crippen LogP contribution in [0.15, 0.2) is 18.2 Å². The fraction of sp³-hybridized carbons (Fsp3) is 0.385. The Kier molecular flexibility index (Phi) is 2.66. The molecular formula is C13H15N3. The number of aromatic amines is 1. The Balaban J connectivity index is 2.50. The van der Waals surface area contributed by atoms with Gasteiger partial charge in [0, 0.05) is 0 Å². The van der Waals surface area contributed by atoms with E-state index in [1.807, 2.05) is 25.1 Å². The van der Waals surface area contributed by atoms with Gasteiger partial charge in [0.1, 0.15) is 5.82 Å². The van der Waals surface area contributed by atoms with Gasteiger partial charge in [0.15, 0.2) is 0 Å². The lowest BCUT2D eigenvalue weighted by atomic mass is 9.90. The van der Waals surface area contributed by atoms with Crippen LogP contribution in [0.5, 0.6) is 0 Å². The molecule has 0 saturated carbocycles. The van der Waals surface area contributed by atoms with Gasteiger partial charge in [-0.15, -0.1) is 0 Å². The average Bonchev–Trinajstić information content (AvgIpc) is 2.57. The summed E-state index contributed by atoms with van der Waals surface area (Å²) in [5.41, 5.74) is 3.03. The summed E-state index contributed by atoms with van der Waals surface area (Å²) in [6.45, 7) is 6.07. The molecular weight excluding hydrogens is 198 g/mol. The molecule has 1 unspecified atom stereocenters. The van der Waals surface area contributed by atoms with Crippen molar-refractivity contribution in [2.45, 2.75) is 26.7 Å². The third-order valence-electron chi connectivity index (χ3n) is 2.79. The third kappa shape index (κ3) is 1.79. The van der Waals surface area contributed by atoms with E-state index in [9.17, 15) is 0 Å². The van der Waals surface area contributed by atoms with Gasteiger partial charge in [0.2, 0.25) is 0 Å². The SMILES string of the molecule is Cc1nc2ccc(C(C#N)C(C)C)cc2[nH]1. The lowest BCUT2D eigenvalue weighted by Crippen LogP contribution is -2.03. The van der Waals surface area contributed by atoms with E-state index in [0.29, 0.717) is 5.92 Å². The molecule has 0 amide bonds. The minimum Gasteiger partial charge on any atom is -0.342 e. The summed E-state index contributed by atoms with van der Waals surface area (Å²) in [7, 11) is 0. The largest absolute Gasteiger partial charge is 0.342 e. The lowest BCUT2D eigenvalue weighted by Gasteiger charge is -2.12. The molecule has 3 nitrogen and oxygen atoms in total. The van der Waals surface area contributed by atoms with Crippen LogP contribution in [-0.4, -0.2) is 9.97 Å².